The summed E-state index contributed by atoms with van der Waals surface area (Å²) in [4.78, 5) is 14.8. The van der Waals surface area contributed by atoms with Crippen LogP contribution in [0.5, 0.6) is 11.5 Å². The highest BCUT2D eigenvalue weighted by atomic mass is 16.5. The fourth-order valence-electron chi connectivity index (χ4n) is 3.09. The van der Waals surface area contributed by atoms with E-state index in [0.717, 1.165) is 30.9 Å². The van der Waals surface area contributed by atoms with Crippen molar-refractivity contribution < 1.29 is 19.0 Å². The summed E-state index contributed by atoms with van der Waals surface area (Å²) in [5.74, 6) is 0.921. The third-order valence-corrected chi connectivity index (χ3v) is 4.61. The van der Waals surface area contributed by atoms with Gasteiger partial charge in [-0.25, -0.2) is 0 Å². The number of methoxy groups -OCH3 is 3. The highest BCUT2D eigenvalue weighted by molar-refractivity contribution is 6.04. The maximum atomic E-state index is 12.5. The molecule has 2 aromatic carbocycles. The smallest absolute Gasteiger partial charge is 0.255 e. The Morgan fingerprint density at radius 2 is 1.77 bits per heavy atom. The first kappa shape index (κ1) is 18.1. The second kappa shape index (κ2) is 8.10. The van der Waals surface area contributed by atoms with Crippen LogP contribution in [0.1, 0.15) is 16.8 Å². The van der Waals surface area contributed by atoms with Crippen LogP contribution in [-0.4, -0.2) is 46.4 Å². The summed E-state index contributed by atoms with van der Waals surface area (Å²) >= 11 is 0. The number of nitrogens with one attached hydrogen (secondary N) is 1. The van der Waals surface area contributed by atoms with E-state index in [1.165, 1.54) is 0 Å². The van der Waals surface area contributed by atoms with Crippen molar-refractivity contribution in [3.05, 3.63) is 48.0 Å². The van der Waals surface area contributed by atoms with E-state index in [-0.39, 0.29) is 5.91 Å². The van der Waals surface area contributed by atoms with Gasteiger partial charge in [0.25, 0.3) is 5.91 Å². The number of anilines is 2. The molecule has 1 aliphatic rings. The number of hydrogen-bond acceptors (Lipinski definition) is 5. The van der Waals surface area contributed by atoms with Gasteiger partial charge in [-0.15, -0.1) is 0 Å². The SMILES string of the molecule is COc1ccc(C(=O)Nc2ccc(N3CCC(OC)C3)cc2)cc1OC. The number of nitrogens with zero attached hydrogens (tertiary/aromatic N) is 1. The van der Waals surface area contributed by atoms with Gasteiger partial charge in [-0.2, -0.15) is 0 Å². The molecular formula is C20H24N2O4. The van der Waals surface area contributed by atoms with Crippen LogP contribution >= 0.6 is 0 Å². The average molecular weight is 356 g/mol. The quantitative estimate of drug-likeness (QED) is 0.861. The van der Waals surface area contributed by atoms with Gasteiger partial charge in [-0.05, 0) is 48.9 Å². The van der Waals surface area contributed by atoms with E-state index in [4.69, 9.17) is 14.2 Å². The summed E-state index contributed by atoms with van der Waals surface area (Å²) in [7, 11) is 4.86. The van der Waals surface area contributed by atoms with Crippen molar-refractivity contribution in [3.8, 4) is 11.5 Å². The van der Waals surface area contributed by atoms with Crippen LogP contribution in [0, 0.1) is 0 Å². The first-order valence-corrected chi connectivity index (χ1v) is 8.55. The Balaban J connectivity index is 1.66. The number of amides is 1. The summed E-state index contributed by atoms with van der Waals surface area (Å²) < 4.78 is 15.8. The normalized spacial score (nSPS) is 16.4. The van der Waals surface area contributed by atoms with Crippen molar-refractivity contribution in [3.63, 3.8) is 0 Å². The zero-order chi connectivity index (χ0) is 18.5. The van der Waals surface area contributed by atoms with Crippen molar-refractivity contribution in [1.29, 1.82) is 0 Å². The van der Waals surface area contributed by atoms with E-state index in [1.54, 1.807) is 39.5 Å². The van der Waals surface area contributed by atoms with Crippen LogP contribution in [0.3, 0.4) is 0 Å². The molecule has 1 heterocycles. The van der Waals surface area contributed by atoms with Gasteiger partial charge in [0.15, 0.2) is 11.5 Å². The number of carbonyl (C=O) groups excluding carboxylic acids is 1. The van der Waals surface area contributed by atoms with E-state index < -0.39 is 0 Å². The highest BCUT2D eigenvalue weighted by Crippen LogP contribution is 2.28. The third kappa shape index (κ3) is 3.91. The molecule has 138 valence electrons. The Kier molecular flexibility index (Phi) is 5.63. The second-order valence-electron chi connectivity index (χ2n) is 6.16. The van der Waals surface area contributed by atoms with Gasteiger partial charge < -0.3 is 24.4 Å². The van der Waals surface area contributed by atoms with Gasteiger partial charge in [-0.1, -0.05) is 0 Å². The molecule has 1 unspecified atom stereocenters. The fraction of sp³-hybridized carbons (Fsp3) is 0.350. The van der Waals surface area contributed by atoms with Gasteiger partial charge in [0.05, 0.1) is 20.3 Å². The lowest BCUT2D eigenvalue weighted by Gasteiger charge is -2.18. The number of benzene rings is 2. The molecule has 6 heteroatoms. The van der Waals surface area contributed by atoms with E-state index in [2.05, 4.69) is 10.2 Å². The molecule has 3 rings (SSSR count). The number of rotatable bonds is 6. The van der Waals surface area contributed by atoms with Gasteiger partial charge in [-0.3, -0.25) is 4.79 Å². The van der Waals surface area contributed by atoms with E-state index in [0.29, 0.717) is 23.2 Å². The van der Waals surface area contributed by atoms with Gasteiger partial charge in [0.1, 0.15) is 0 Å². The molecule has 0 bridgehead atoms. The van der Waals surface area contributed by atoms with Gasteiger partial charge in [0.2, 0.25) is 0 Å². The van der Waals surface area contributed by atoms with Crippen LogP contribution in [0.15, 0.2) is 42.5 Å². The lowest BCUT2D eigenvalue weighted by molar-refractivity contribution is 0.102. The van der Waals surface area contributed by atoms with Crippen LogP contribution in [-0.2, 0) is 4.74 Å². The second-order valence-corrected chi connectivity index (χ2v) is 6.16. The first-order chi connectivity index (χ1) is 12.6. The monoisotopic (exact) mass is 356 g/mol. The molecule has 0 radical (unpaired) electrons. The van der Waals surface area contributed by atoms with E-state index in [9.17, 15) is 4.79 Å². The lowest BCUT2D eigenvalue weighted by atomic mass is 10.1. The summed E-state index contributed by atoms with van der Waals surface area (Å²) in [5.41, 5.74) is 2.39. The van der Waals surface area contributed by atoms with Gasteiger partial charge >= 0.3 is 0 Å². The fourth-order valence-corrected chi connectivity index (χ4v) is 3.09. The molecule has 0 saturated carbocycles. The maximum absolute atomic E-state index is 12.5. The maximum Gasteiger partial charge on any atom is 0.255 e. The summed E-state index contributed by atoms with van der Waals surface area (Å²) in [6.45, 7) is 1.88. The molecule has 0 aromatic heterocycles. The van der Waals surface area contributed by atoms with Crippen LogP contribution in [0.4, 0.5) is 11.4 Å². The third-order valence-electron chi connectivity index (χ3n) is 4.61. The Hall–Kier alpha value is -2.73. The zero-order valence-electron chi connectivity index (χ0n) is 15.3. The number of ether oxygens (including phenoxy) is 3. The molecule has 1 saturated heterocycles. The molecule has 1 N–H and O–H groups in total. The molecule has 1 aliphatic heterocycles. The predicted molar refractivity (Wildman–Crippen MR) is 102 cm³/mol. The average Bonchev–Trinajstić information content (AvgIpc) is 3.17. The minimum atomic E-state index is -0.195. The van der Waals surface area contributed by atoms with Crippen molar-refractivity contribution in [2.75, 3.05) is 44.6 Å². The first-order valence-electron chi connectivity index (χ1n) is 8.55. The Bertz CT molecular complexity index is 761. The Morgan fingerprint density at radius 3 is 2.38 bits per heavy atom. The van der Waals surface area contributed by atoms with Crippen molar-refractivity contribution in [1.82, 2.24) is 0 Å². The zero-order valence-corrected chi connectivity index (χ0v) is 15.3. The molecule has 1 atom stereocenters. The molecule has 0 spiro atoms. The predicted octanol–water partition coefficient (Wildman–Crippen LogP) is 3.18. The number of carbonyl (C=O) groups is 1. The Morgan fingerprint density at radius 1 is 1.04 bits per heavy atom. The van der Waals surface area contributed by atoms with Crippen LogP contribution in [0.25, 0.3) is 0 Å². The molecule has 1 fully saturated rings. The van der Waals surface area contributed by atoms with Crippen LogP contribution < -0.4 is 19.7 Å². The molecule has 6 nitrogen and oxygen atoms in total. The summed E-state index contributed by atoms with van der Waals surface area (Å²) in [6.07, 6.45) is 1.33. The molecular weight excluding hydrogens is 332 g/mol. The number of hydrogen-bond donors (Lipinski definition) is 1. The van der Waals surface area contributed by atoms with Gasteiger partial charge in [0, 0.05) is 37.1 Å². The molecule has 0 aliphatic carbocycles. The molecule has 1 amide bonds. The van der Waals surface area contributed by atoms with E-state index in [1.807, 2.05) is 24.3 Å². The Labute approximate surface area is 153 Å². The minimum Gasteiger partial charge on any atom is -0.493 e. The topological polar surface area (TPSA) is 60.0 Å². The van der Waals surface area contributed by atoms with E-state index >= 15 is 0 Å². The summed E-state index contributed by atoms with van der Waals surface area (Å²) in [6, 6.07) is 12.9. The van der Waals surface area contributed by atoms with Crippen molar-refractivity contribution in [2.24, 2.45) is 0 Å². The highest BCUT2D eigenvalue weighted by Gasteiger charge is 2.22. The summed E-state index contributed by atoms with van der Waals surface area (Å²) in [5, 5.41) is 2.91. The standard InChI is InChI=1S/C20H24N2O4/c1-24-17-10-11-22(13-17)16-7-5-15(6-8-16)21-20(23)14-4-9-18(25-2)19(12-14)26-3/h4-9,12,17H,10-11,13H2,1-3H3,(H,21,23). The lowest BCUT2D eigenvalue weighted by Crippen LogP contribution is -2.22. The van der Waals surface area contributed by atoms with Crippen molar-refractivity contribution in [2.45, 2.75) is 12.5 Å². The molecule has 2 aromatic rings. The van der Waals surface area contributed by atoms with Crippen molar-refractivity contribution >= 4 is 17.3 Å². The molecule has 26 heavy (non-hydrogen) atoms. The minimum absolute atomic E-state index is 0.195. The largest absolute Gasteiger partial charge is 0.493 e. The van der Waals surface area contributed by atoms with Crippen LogP contribution in [0.2, 0.25) is 0 Å².